The van der Waals surface area contributed by atoms with Gasteiger partial charge in [-0.1, -0.05) is 141 Å². The van der Waals surface area contributed by atoms with Gasteiger partial charge in [0, 0.05) is 5.41 Å². The van der Waals surface area contributed by atoms with Gasteiger partial charge in [0.1, 0.15) is 0 Å². The Morgan fingerprint density at radius 1 is 0.359 bits per heavy atom. The summed E-state index contributed by atoms with van der Waals surface area (Å²) in [5.74, 6) is 0. The van der Waals surface area contributed by atoms with Gasteiger partial charge < -0.3 is 0 Å². The van der Waals surface area contributed by atoms with Gasteiger partial charge in [0.2, 0.25) is 0 Å². The predicted molar refractivity (Wildman–Crippen MR) is 167 cm³/mol. The maximum Gasteiger partial charge on any atom is 0.0165 e. The minimum absolute atomic E-state index is 0.0244. The Morgan fingerprint density at radius 2 is 0.846 bits per heavy atom. The molecule has 39 heavy (non-hydrogen) atoms. The highest BCUT2D eigenvalue weighted by atomic mass is 14.4. The summed E-state index contributed by atoms with van der Waals surface area (Å²) >= 11 is 0. The monoisotopic (exact) mass is 496 g/mol. The van der Waals surface area contributed by atoms with E-state index in [2.05, 4.69) is 147 Å². The summed E-state index contributed by atoms with van der Waals surface area (Å²) in [6, 6.07) is 49.3. The Hall–Kier alpha value is -4.68. The van der Waals surface area contributed by atoms with Crippen LogP contribution in [-0.4, -0.2) is 0 Å². The molecule has 0 N–H and O–H groups in total. The first-order valence-corrected chi connectivity index (χ1v) is 13.8. The number of benzene rings is 7. The van der Waals surface area contributed by atoms with E-state index in [0.29, 0.717) is 0 Å². The minimum Gasteiger partial charge on any atom is -0.0619 e. The minimum atomic E-state index is -0.0244. The summed E-state index contributed by atoms with van der Waals surface area (Å²) in [5, 5.41) is 7.88. The molecule has 184 valence electrons. The fourth-order valence-corrected chi connectivity index (χ4v) is 7.02. The third-order valence-electron chi connectivity index (χ3n) is 8.85. The van der Waals surface area contributed by atoms with E-state index in [4.69, 9.17) is 0 Å². The van der Waals surface area contributed by atoms with E-state index < -0.39 is 0 Å². The molecule has 0 nitrogen and oxygen atoms in total. The van der Waals surface area contributed by atoms with Crippen molar-refractivity contribution in [3.05, 3.63) is 145 Å². The quantitative estimate of drug-likeness (QED) is 0.209. The number of hydrogen-bond donors (Lipinski definition) is 0. The molecule has 0 radical (unpaired) electrons. The van der Waals surface area contributed by atoms with Crippen LogP contribution in [0.15, 0.2) is 133 Å². The van der Waals surface area contributed by atoms with E-state index >= 15 is 0 Å². The summed E-state index contributed by atoms with van der Waals surface area (Å²) in [7, 11) is 0. The molecule has 0 atom stereocenters. The van der Waals surface area contributed by atoms with Gasteiger partial charge in [-0.15, -0.1) is 0 Å². The van der Waals surface area contributed by atoms with Crippen molar-refractivity contribution in [2.45, 2.75) is 19.3 Å². The van der Waals surface area contributed by atoms with E-state index in [9.17, 15) is 0 Å². The largest absolute Gasteiger partial charge is 0.0619 e. The van der Waals surface area contributed by atoms with Crippen LogP contribution in [0, 0.1) is 0 Å². The Balaban J connectivity index is 1.26. The molecule has 7 aromatic carbocycles. The first kappa shape index (κ1) is 22.3. The maximum atomic E-state index is 2.37. The van der Waals surface area contributed by atoms with E-state index in [1.165, 1.54) is 76.8 Å². The Bertz CT molecular complexity index is 2040. The second-order valence-electron chi connectivity index (χ2n) is 11.3. The summed E-state index contributed by atoms with van der Waals surface area (Å²) in [4.78, 5) is 0. The summed E-state index contributed by atoms with van der Waals surface area (Å²) in [5.41, 5.74) is 10.7. The van der Waals surface area contributed by atoms with Crippen molar-refractivity contribution >= 4 is 32.3 Å². The standard InChI is InChI=1S/C39H28/c1-39(2)37-17-8-7-14-34(37)35-16-9-15-28(38(35)39)26-20-18-25(19-21-26)27-22-23-33-31-12-4-3-10-29(31)30-11-5-6-13-32(30)36(33)24-27/h3-24H,1-2H3. The van der Waals surface area contributed by atoms with Gasteiger partial charge in [-0.25, -0.2) is 0 Å². The Labute approximate surface area is 229 Å². The number of fused-ring (bicyclic) bond motifs is 9. The van der Waals surface area contributed by atoms with Gasteiger partial charge in [-0.3, -0.25) is 0 Å². The topological polar surface area (TPSA) is 0 Å². The molecule has 0 saturated carbocycles. The molecule has 0 aliphatic heterocycles. The summed E-state index contributed by atoms with van der Waals surface area (Å²) in [6.45, 7) is 4.72. The average molecular weight is 497 g/mol. The number of rotatable bonds is 2. The zero-order chi connectivity index (χ0) is 26.1. The number of hydrogen-bond acceptors (Lipinski definition) is 0. The first-order valence-electron chi connectivity index (χ1n) is 13.8. The lowest BCUT2D eigenvalue weighted by Crippen LogP contribution is -2.16. The molecule has 1 aliphatic carbocycles. The average Bonchev–Trinajstić information content (AvgIpc) is 3.24. The fraction of sp³-hybridized carbons (Fsp3) is 0.0769. The SMILES string of the molecule is CC1(C)c2ccccc2-c2cccc(-c3ccc(-c4ccc5c6ccccc6c6ccccc6c5c4)cc3)c21. The van der Waals surface area contributed by atoms with Gasteiger partial charge in [-0.2, -0.15) is 0 Å². The van der Waals surface area contributed by atoms with E-state index in [1.54, 1.807) is 0 Å². The van der Waals surface area contributed by atoms with Crippen molar-refractivity contribution in [2.24, 2.45) is 0 Å². The van der Waals surface area contributed by atoms with Crippen molar-refractivity contribution in [3.63, 3.8) is 0 Å². The maximum absolute atomic E-state index is 2.37. The normalized spacial score (nSPS) is 13.6. The molecule has 0 saturated heterocycles. The molecule has 0 bridgehead atoms. The molecule has 7 aromatic rings. The van der Waals surface area contributed by atoms with Crippen LogP contribution in [0.2, 0.25) is 0 Å². The van der Waals surface area contributed by atoms with Crippen molar-refractivity contribution < 1.29 is 0 Å². The third kappa shape index (κ3) is 3.18. The van der Waals surface area contributed by atoms with E-state index in [0.717, 1.165) is 0 Å². The molecule has 0 heterocycles. The van der Waals surface area contributed by atoms with Crippen LogP contribution >= 0.6 is 0 Å². The van der Waals surface area contributed by atoms with E-state index in [-0.39, 0.29) is 5.41 Å². The van der Waals surface area contributed by atoms with Gasteiger partial charge in [-0.05, 0) is 82.9 Å². The molecule has 0 amide bonds. The molecule has 0 spiro atoms. The second-order valence-corrected chi connectivity index (χ2v) is 11.3. The van der Waals surface area contributed by atoms with Gasteiger partial charge in [0.15, 0.2) is 0 Å². The van der Waals surface area contributed by atoms with E-state index in [1.807, 2.05) is 0 Å². The molecule has 1 aliphatic rings. The van der Waals surface area contributed by atoms with Crippen LogP contribution < -0.4 is 0 Å². The van der Waals surface area contributed by atoms with Crippen LogP contribution in [-0.2, 0) is 5.41 Å². The molecular formula is C39H28. The highest BCUT2D eigenvalue weighted by Gasteiger charge is 2.37. The van der Waals surface area contributed by atoms with Crippen LogP contribution in [0.5, 0.6) is 0 Å². The fourth-order valence-electron chi connectivity index (χ4n) is 7.02. The van der Waals surface area contributed by atoms with Gasteiger partial charge >= 0.3 is 0 Å². The second kappa shape index (κ2) is 8.16. The lowest BCUT2D eigenvalue weighted by Gasteiger charge is -2.24. The van der Waals surface area contributed by atoms with Gasteiger partial charge in [0.05, 0.1) is 0 Å². The smallest absolute Gasteiger partial charge is 0.0165 e. The van der Waals surface area contributed by atoms with Crippen LogP contribution in [0.3, 0.4) is 0 Å². The van der Waals surface area contributed by atoms with Crippen LogP contribution in [0.1, 0.15) is 25.0 Å². The van der Waals surface area contributed by atoms with Gasteiger partial charge in [0.25, 0.3) is 0 Å². The molecule has 0 fully saturated rings. The lowest BCUT2D eigenvalue weighted by atomic mass is 9.79. The summed E-state index contributed by atoms with van der Waals surface area (Å²) in [6.07, 6.45) is 0. The van der Waals surface area contributed by atoms with Crippen molar-refractivity contribution in [2.75, 3.05) is 0 Å². The Kier molecular flexibility index (Phi) is 4.67. The first-order chi connectivity index (χ1) is 19.1. The zero-order valence-electron chi connectivity index (χ0n) is 22.2. The predicted octanol–water partition coefficient (Wildman–Crippen LogP) is 10.8. The molecule has 0 aromatic heterocycles. The van der Waals surface area contributed by atoms with Crippen molar-refractivity contribution in [3.8, 4) is 33.4 Å². The molecule has 8 rings (SSSR count). The molecule has 0 heteroatoms. The third-order valence-corrected chi connectivity index (χ3v) is 8.85. The highest BCUT2D eigenvalue weighted by Crippen LogP contribution is 2.52. The highest BCUT2D eigenvalue weighted by molar-refractivity contribution is 6.25. The van der Waals surface area contributed by atoms with Crippen molar-refractivity contribution in [1.29, 1.82) is 0 Å². The van der Waals surface area contributed by atoms with Crippen LogP contribution in [0.25, 0.3) is 65.7 Å². The van der Waals surface area contributed by atoms with Crippen molar-refractivity contribution in [1.82, 2.24) is 0 Å². The zero-order valence-corrected chi connectivity index (χ0v) is 22.2. The lowest BCUT2D eigenvalue weighted by molar-refractivity contribution is 0.662. The molecular weight excluding hydrogens is 468 g/mol. The Morgan fingerprint density at radius 3 is 1.54 bits per heavy atom. The van der Waals surface area contributed by atoms with Crippen LogP contribution in [0.4, 0.5) is 0 Å². The molecule has 0 unspecified atom stereocenters. The summed E-state index contributed by atoms with van der Waals surface area (Å²) < 4.78 is 0.